The van der Waals surface area contributed by atoms with Crippen LogP contribution in [0.3, 0.4) is 0 Å². The van der Waals surface area contributed by atoms with Crippen molar-refractivity contribution in [3.63, 3.8) is 0 Å². The Kier molecular flexibility index (Phi) is 2.61. The molecule has 0 aliphatic heterocycles. The maximum Gasteiger partial charge on any atom is 0.161 e. The van der Waals surface area contributed by atoms with E-state index in [1.807, 2.05) is 12.1 Å². The Morgan fingerprint density at radius 2 is 1.88 bits per heavy atom. The molecule has 88 valence electrons. The maximum absolute atomic E-state index is 10.0. The molecule has 1 atom stereocenters. The van der Waals surface area contributed by atoms with Crippen LogP contribution < -0.4 is 0 Å². The average molecular weight is 220 g/mol. The first-order valence-corrected chi connectivity index (χ1v) is 5.95. The molecule has 1 aromatic rings. The number of phenolic OH excluding ortho intramolecular Hbond substituents is 2. The van der Waals surface area contributed by atoms with Crippen LogP contribution in [0.4, 0.5) is 0 Å². The van der Waals surface area contributed by atoms with E-state index in [9.17, 15) is 10.2 Å². The van der Waals surface area contributed by atoms with Gasteiger partial charge in [-0.1, -0.05) is 32.4 Å². The lowest BCUT2D eigenvalue weighted by molar-refractivity contribution is 0.319. The van der Waals surface area contributed by atoms with E-state index in [1.54, 1.807) is 6.92 Å². The Labute approximate surface area is 96.9 Å². The van der Waals surface area contributed by atoms with Gasteiger partial charge < -0.3 is 10.2 Å². The van der Waals surface area contributed by atoms with Gasteiger partial charge in [0.05, 0.1) is 0 Å². The molecule has 1 fully saturated rings. The van der Waals surface area contributed by atoms with Crippen LogP contribution in [0.2, 0.25) is 0 Å². The molecule has 0 aromatic heterocycles. The molecule has 0 spiro atoms. The molecule has 2 rings (SSSR count). The zero-order valence-electron chi connectivity index (χ0n) is 10.2. The number of aryl methyl sites for hydroxylation is 1. The minimum Gasteiger partial charge on any atom is -0.504 e. The van der Waals surface area contributed by atoms with Crippen molar-refractivity contribution in [1.82, 2.24) is 0 Å². The molecule has 0 bridgehead atoms. The lowest BCUT2D eigenvalue weighted by atomic mass is 9.77. The molecule has 2 nitrogen and oxygen atoms in total. The Hall–Kier alpha value is -1.18. The van der Waals surface area contributed by atoms with Crippen LogP contribution in [-0.2, 0) is 0 Å². The van der Waals surface area contributed by atoms with Crippen molar-refractivity contribution < 1.29 is 10.2 Å². The zero-order valence-corrected chi connectivity index (χ0v) is 10.2. The van der Waals surface area contributed by atoms with Crippen molar-refractivity contribution in [2.24, 2.45) is 5.41 Å². The fourth-order valence-corrected chi connectivity index (χ4v) is 2.88. The lowest BCUT2D eigenvalue weighted by Gasteiger charge is -2.28. The van der Waals surface area contributed by atoms with Crippen LogP contribution in [-0.4, -0.2) is 10.2 Å². The van der Waals surface area contributed by atoms with E-state index in [4.69, 9.17) is 0 Å². The summed E-state index contributed by atoms with van der Waals surface area (Å²) in [4.78, 5) is 0. The van der Waals surface area contributed by atoms with Crippen LogP contribution in [0.25, 0.3) is 0 Å². The van der Waals surface area contributed by atoms with Gasteiger partial charge in [-0.2, -0.15) is 0 Å². The van der Waals surface area contributed by atoms with Gasteiger partial charge in [0.25, 0.3) is 0 Å². The smallest absolute Gasteiger partial charge is 0.161 e. The van der Waals surface area contributed by atoms with E-state index in [0.717, 1.165) is 17.5 Å². The zero-order chi connectivity index (χ0) is 11.9. The SMILES string of the molecule is Cc1ccc(C2CCCC2(C)C)c(O)c1O. The summed E-state index contributed by atoms with van der Waals surface area (Å²) in [7, 11) is 0. The van der Waals surface area contributed by atoms with Gasteiger partial charge in [-0.05, 0) is 36.7 Å². The largest absolute Gasteiger partial charge is 0.504 e. The number of phenols is 2. The van der Waals surface area contributed by atoms with Gasteiger partial charge in [-0.15, -0.1) is 0 Å². The van der Waals surface area contributed by atoms with Crippen LogP contribution in [0.1, 0.15) is 50.2 Å². The molecule has 2 heteroatoms. The highest BCUT2D eigenvalue weighted by atomic mass is 16.3. The highest BCUT2D eigenvalue weighted by Crippen LogP contribution is 2.52. The number of hydrogen-bond acceptors (Lipinski definition) is 2. The Balaban J connectivity index is 2.45. The van der Waals surface area contributed by atoms with E-state index >= 15 is 0 Å². The minimum atomic E-state index is 0.0419. The quantitative estimate of drug-likeness (QED) is 0.708. The van der Waals surface area contributed by atoms with Gasteiger partial charge in [-0.3, -0.25) is 0 Å². The van der Waals surface area contributed by atoms with Gasteiger partial charge in [0.15, 0.2) is 11.5 Å². The summed E-state index contributed by atoms with van der Waals surface area (Å²) in [6.45, 7) is 6.28. The first-order chi connectivity index (χ1) is 7.43. The summed E-state index contributed by atoms with van der Waals surface area (Å²) < 4.78 is 0. The van der Waals surface area contributed by atoms with Crippen molar-refractivity contribution >= 4 is 0 Å². The third-order valence-corrected chi connectivity index (χ3v) is 4.02. The van der Waals surface area contributed by atoms with Gasteiger partial charge in [0.2, 0.25) is 0 Å². The van der Waals surface area contributed by atoms with Crippen molar-refractivity contribution in [2.45, 2.75) is 46.0 Å². The van der Waals surface area contributed by atoms with Crippen molar-refractivity contribution in [2.75, 3.05) is 0 Å². The second-order valence-electron chi connectivity index (χ2n) is 5.60. The summed E-state index contributed by atoms with van der Waals surface area (Å²) in [6, 6.07) is 3.85. The average Bonchev–Trinajstić information content (AvgIpc) is 2.55. The minimum absolute atomic E-state index is 0.0419. The molecule has 1 aliphatic rings. The van der Waals surface area contributed by atoms with E-state index in [2.05, 4.69) is 13.8 Å². The van der Waals surface area contributed by atoms with E-state index < -0.39 is 0 Å². The first-order valence-electron chi connectivity index (χ1n) is 5.95. The van der Waals surface area contributed by atoms with Crippen molar-refractivity contribution in [3.8, 4) is 11.5 Å². The van der Waals surface area contributed by atoms with Crippen LogP contribution in [0.5, 0.6) is 11.5 Å². The normalized spacial score (nSPS) is 23.6. The second kappa shape index (κ2) is 3.69. The maximum atomic E-state index is 10.0. The van der Waals surface area contributed by atoms with E-state index in [0.29, 0.717) is 5.92 Å². The molecule has 1 saturated carbocycles. The van der Waals surface area contributed by atoms with Gasteiger partial charge in [-0.25, -0.2) is 0 Å². The Morgan fingerprint density at radius 1 is 1.19 bits per heavy atom. The molecule has 1 aromatic carbocycles. The van der Waals surface area contributed by atoms with Crippen molar-refractivity contribution in [1.29, 1.82) is 0 Å². The van der Waals surface area contributed by atoms with Crippen LogP contribution in [0, 0.1) is 12.3 Å². The molecular formula is C14H20O2. The molecule has 1 aliphatic carbocycles. The summed E-state index contributed by atoms with van der Waals surface area (Å²) in [5, 5.41) is 19.8. The summed E-state index contributed by atoms with van der Waals surface area (Å²) in [6.07, 6.45) is 3.49. The number of aromatic hydroxyl groups is 2. The van der Waals surface area contributed by atoms with Gasteiger partial charge in [0, 0.05) is 5.56 Å². The molecule has 0 radical (unpaired) electrons. The molecule has 0 heterocycles. The molecule has 0 amide bonds. The third-order valence-electron chi connectivity index (χ3n) is 4.02. The molecule has 1 unspecified atom stereocenters. The molecule has 2 N–H and O–H groups in total. The van der Waals surface area contributed by atoms with E-state index in [-0.39, 0.29) is 16.9 Å². The fraction of sp³-hybridized carbons (Fsp3) is 0.571. The highest BCUT2D eigenvalue weighted by Gasteiger charge is 2.37. The Morgan fingerprint density at radius 3 is 2.44 bits per heavy atom. The van der Waals surface area contributed by atoms with Gasteiger partial charge in [0.1, 0.15) is 0 Å². The number of benzene rings is 1. The monoisotopic (exact) mass is 220 g/mol. The predicted molar refractivity (Wildman–Crippen MR) is 64.9 cm³/mol. The summed E-state index contributed by atoms with van der Waals surface area (Å²) in [5.41, 5.74) is 1.86. The molecule has 16 heavy (non-hydrogen) atoms. The summed E-state index contributed by atoms with van der Waals surface area (Å²) in [5.74, 6) is 0.485. The topological polar surface area (TPSA) is 40.5 Å². The Bertz CT molecular complexity index is 407. The number of rotatable bonds is 1. The van der Waals surface area contributed by atoms with Crippen LogP contribution >= 0.6 is 0 Å². The van der Waals surface area contributed by atoms with Crippen molar-refractivity contribution in [3.05, 3.63) is 23.3 Å². The first kappa shape index (κ1) is 11.3. The standard InChI is InChI=1S/C14H20O2/c1-9-6-7-10(13(16)12(9)15)11-5-4-8-14(11,2)3/h6-7,11,15-16H,4-5,8H2,1-3H3. The third kappa shape index (κ3) is 1.66. The number of hydrogen-bond donors (Lipinski definition) is 2. The highest BCUT2D eigenvalue weighted by molar-refractivity contribution is 5.51. The van der Waals surface area contributed by atoms with E-state index in [1.165, 1.54) is 12.8 Å². The summed E-state index contributed by atoms with van der Waals surface area (Å²) >= 11 is 0. The van der Waals surface area contributed by atoms with Crippen LogP contribution in [0.15, 0.2) is 12.1 Å². The van der Waals surface area contributed by atoms with Gasteiger partial charge >= 0.3 is 0 Å². The predicted octanol–water partition coefficient (Wildman–Crippen LogP) is 3.70. The second-order valence-corrected chi connectivity index (χ2v) is 5.60. The molecular weight excluding hydrogens is 200 g/mol. The lowest BCUT2D eigenvalue weighted by Crippen LogP contribution is -2.15. The fourth-order valence-electron chi connectivity index (χ4n) is 2.88. The molecule has 0 saturated heterocycles.